The normalized spacial score (nSPS) is 18.5. The van der Waals surface area contributed by atoms with Crippen LogP contribution < -0.4 is 5.32 Å². The third-order valence-corrected chi connectivity index (χ3v) is 4.63. The van der Waals surface area contributed by atoms with E-state index in [9.17, 15) is 19.5 Å². The summed E-state index contributed by atoms with van der Waals surface area (Å²) in [7, 11) is 0. The molecule has 1 aliphatic heterocycles. The van der Waals surface area contributed by atoms with Crippen LogP contribution in [0.1, 0.15) is 29.4 Å². The Morgan fingerprint density at radius 1 is 1.36 bits per heavy atom. The van der Waals surface area contributed by atoms with Gasteiger partial charge in [-0.2, -0.15) is 0 Å². The molecule has 22 heavy (non-hydrogen) atoms. The molecule has 1 unspecified atom stereocenters. The van der Waals surface area contributed by atoms with Gasteiger partial charge in [-0.05, 0) is 18.4 Å². The van der Waals surface area contributed by atoms with Gasteiger partial charge in [0.05, 0.1) is 4.88 Å². The molecule has 0 spiro atoms. The Kier molecular flexibility index (Phi) is 4.82. The van der Waals surface area contributed by atoms with Crippen LogP contribution in [0.4, 0.5) is 0 Å². The Morgan fingerprint density at radius 3 is 2.50 bits per heavy atom. The maximum Gasteiger partial charge on any atom is 0.335 e. The molecule has 8 heteroatoms. The molecule has 2 rings (SSSR count). The number of rotatable bonds is 4. The van der Waals surface area contributed by atoms with Crippen molar-refractivity contribution in [3.63, 3.8) is 0 Å². The van der Waals surface area contributed by atoms with E-state index >= 15 is 0 Å². The largest absolute Gasteiger partial charge is 0.479 e. The summed E-state index contributed by atoms with van der Waals surface area (Å²) in [6.45, 7) is 1.90. The van der Waals surface area contributed by atoms with E-state index in [2.05, 4.69) is 5.32 Å². The average Bonchev–Trinajstić information content (AvgIpc) is 3.01. The van der Waals surface area contributed by atoms with Crippen molar-refractivity contribution < 1.29 is 24.6 Å². The molecule has 7 nitrogen and oxygen atoms in total. The average molecular weight is 326 g/mol. The smallest absolute Gasteiger partial charge is 0.335 e. The maximum atomic E-state index is 12.3. The zero-order valence-electron chi connectivity index (χ0n) is 12.1. The van der Waals surface area contributed by atoms with Crippen LogP contribution in [0.25, 0.3) is 0 Å². The Balaban J connectivity index is 1.89. The standard InChI is InChI=1S/C14H18N2O5S/c1-9(15-11(17)10-3-2-8-22-10)12(18)16-6-4-14(21,5-7-16)13(19)20/h2-3,8-9,21H,4-7H2,1H3,(H,15,17)(H,19,20). The third-order valence-electron chi connectivity index (χ3n) is 3.76. The van der Waals surface area contributed by atoms with Gasteiger partial charge in [-0.25, -0.2) is 4.79 Å². The predicted octanol–water partition coefficient (Wildman–Crippen LogP) is 0.304. The summed E-state index contributed by atoms with van der Waals surface area (Å²) in [6, 6.07) is 2.72. The first-order valence-corrected chi connectivity index (χ1v) is 7.80. The fourth-order valence-corrected chi connectivity index (χ4v) is 2.95. The number of aliphatic carboxylic acids is 1. The van der Waals surface area contributed by atoms with Crippen LogP contribution in [-0.4, -0.2) is 57.6 Å². The quantitative estimate of drug-likeness (QED) is 0.738. The van der Waals surface area contributed by atoms with Gasteiger partial charge in [0.15, 0.2) is 5.60 Å². The highest BCUT2D eigenvalue weighted by atomic mass is 32.1. The number of carboxylic acid groups (broad SMARTS) is 1. The van der Waals surface area contributed by atoms with Crippen molar-refractivity contribution in [3.8, 4) is 0 Å². The van der Waals surface area contributed by atoms with Crippen molar-refractivity contribution in [3.05, 3.63) is 22.4 Å². The molecular formula is C14H18N2O5S. The second-order valence-electron chi connectivity index (χ2n) is 5.33. The molecule has 2 amide bonds. The summed E-state index contributed by atoms with van der Waals surface area (Å²) in [4.78, 5) is 37.1. The molecule has 0 aromatic carbocycles. The molecule has 1 aromatic heterocycles. The van der Waals surface area contributed by atoms with Gasteiger partial charge in [0.1, 0.15) is 6.04 Å². The first-order valence-electron chi connectivity index (χ1n) is 6.92. The fourth-order valence-electron chi connectivity index (χ4n) is 2.32. The van der Waals surface area contributed by atoms with Gasteiger partial charge < -0.3 is 20.4 Å². The van der Waals surface area contributed by atoms with Crippen LogP contribution >= 0.6 is 11.3 Å². The summed E-state index contributed by atoms with van der Waals surface area (Å²) in [5, 5.41) is 23.2. The lowest BCUT2D eigenvalue weighted by atomic mass is 9.91. The highest BCUT2D eigenvalue weighted by molar-refractivity contribution is 7.12. The number of hydrogen-bond acceptors (Lipinski definition) is 5. The molecule has 0 saturated carbocycles. The maximum absolute atomic E-state index is 12.3. The number of aliphatic hydroxyl groups is 1. The predicted molar refractivity (Wildman–Crippen MR) is 79.6 cm³/mol. The number of likely N-dealkylation sites (tertiary alicyclic amines) is 1. The second kappa shape index (κ2) is 6.45. The first-order chi connectivity index (χ1) is 10.3. The molecule has 1 atom stereocenters. The Labute approximate surface area is 131 Å². The molecule has 2 heterocycles. The van der Waals surface area contributed by atoms with E-state index in [1.165, 1.54) is 16.2 Å². The Hall–Kier alpha value is -1.93. The number of nitrogens with zero attached hydrogens (tertiary/aromatic N) is 1. The van der Waals surface area contributed by atoms with Crippen LogP contribution in [0.15, 0.2) is 17.5 Å². The zero-order chi connectivity index (χ0) is 16.3. The zero-order valence-corrected chi connectivity index (χ0v) is 12.9. The minimum Gasteiger partial charge on any atom is -0.479 e. The van der Waals surface area contributed by atoms with Crippen molar-refractivity contribution in [2.75, 3.05) is 13.1 Å². The van der Waals surface area contributed by atoms with Gasteiger partial charge in [0.25, 0.3) is 5.91 Å². The highest BCUT2D eigenvalue weighted by Crippen LogP contribution is 2.22. The van der Waals surface area contributed by atoms with Gasteiger partial charge in [0, 0.05) is 25.9 Å². The van der Waals surface area contributed by atoms with Crippen molar-refractivity contribution in [2.24, 2.45) is 0 Å². The number of hydrogen-bond donors (Lipinski definition) is 3. The van der Waals surface area contributed by atoms with E-state index in [1.807, 2.05) is 0 Å². The van der Waals surface area contributed by atoms with Crippen molar-refractivity contribution in [2.45, 2.75) is 31.4 Å². The van der Waals surface area contributed by atoms with Crippen LogP contribution in [0.2, 0.25) is 0 Å². The molecular weight excluding hydrogens is 308 g/mol. The number of carbonyl (C=O) groups excluding carboxylic acids is 2. The van der Waals surface area contributed by atoms with Gasteiger partial charge >= 0.3 is 5.97 Å². The van der Waals surface area contributed by atoms with Crippen molar-refractivity contribution in [1.29, 1.82) is 0 Å². The number of thiophene rings is 1. The molecule has 0 aliphatic carbocycles. The van der Waals surface area contributed by atoms with E-state index in [0.29, 0.717) is 4.88 Å². The molecule has 1 fully saturated rings. The summed E-state index contributed by atoms with van der Waals surface area (Å²) in [5.41, 5.74) is -1.76. The highest BCUT2D eigenvalue weighted by Gasteiger charge is 2.41. The van der Waals surface area contributed by atoms with E-state index in [1.54, 1.807) is 24.4 Å². The van der Waals surface area contributed by atoms with E-state index < -0.39 is 17.6 Å². The molecule has 0 bridgehead atoms. The number of carboxylic acids is 1. The van der Waals surface area contributed by atoms with Crippen molar-refractivity contribution >= 4 is 29.1 Å². The van der Waals surface area contributed by atoms with Crippen LogP contribution in [0, 0.1) is 0 Å². The Bertz CT molecular complexity index is 564. The van der Waals surface area contributed by atoms with Crippen molar-refractivity contribution in [1.82, 2.24) is 10.2 Å². The Morgan fingerprint density at radius 2 is 2.00 bits per heavy atom. The third kappa shape index (κ3) is 3.45. The first kappa shape index (κ1) is 16.4. The molecule has 120 valence electrons. The molecule has 1 saturated heterocycles. The van der Waals surface area contributed by atoms with E-state index in [4.69, 9.17) is 5.11 Å². The van der Waals surface area contributed by atoms with Gasteiger partial charge in [-0.15, -0.1) is 11.3 Å². The lowest BCUT2D eigenvalue weighted by Gasteiger charge is -2.36. The molecule has 3 N–H and O–H groups in total. The van der Waals surface area contributed by atoms with E-state index in [0.717, 1.165) is 0 Å². The molecule has 1 aliphatic rings. The summed E-state index contributed by atoms with van der Waals surface area (Å²) in [5.74, 6) is -1.86. The van der Waals surface area contributed by atoms with Crippen LogP contribution in [0.5, 0.6) is 0 Å². The van der Waals surface area contributed by atoms with Crippen LogP contribution in [0.3, 0.4) is 0 Å². The lowest BCUT2D eigenvalue weighted by molar-refractivity contribution is -0.165. The fraction of sp³-hybridized carbons (Fsp3) is 0.500. The molecule has 1 aromatic rings. The second-order valence-corrected chi connectivity index (χ2v) is 6.28. The van der Waals surface area contributed by atoms with Crippen LogP contribution in [-0.2, 0) is 9.59 Å². The number of piperidine rings is 1. The topological polar surface area (TPSA) is 107 Å². The number of amides is 2. The van der Waals surface area contributed by atoms with Gasteiger partial charge in [-0.1, -0.05) is 6.07 Å². The summed E-state index contributed by atoms with van der Waals surface area (Å²) >= 11 is 1.29. The minimum atomic E-state index is -1.76. The van der Waals surface area contributed by atoms with Gasteiger partial charge in [0.2, 0.25) is 5.91 Å². The van der Waals surface area contributed by atoms with Gasteiger partial charge in [-0.3, -0.25) is 9.59 Å². The summed E-state index contributed by atoms with van der Waals surface area (Å²) < 4.78 is 0. The minimum absolute atomic E-state index is 0.0142. The summed E-state index contributed by atoms with van der Waals surface area (Å²) in [6.07, 6.45) is -0.0284. The number of carbonyl (C=O) groups is 3. The monoisotopic (exact) mass is 326 g/mol. The molecule has 0 radical (unpaired) electrons. The SMILES string of the molecule is CC(NC(=O)c1cccs1)C(=O)N1CCC(O)(C(=O)O)CC1. The van der Waals surface area contributed by atoms with E-state index in [-0.39, 0.29) is 37.7 Å². The number of nitrogens with one attached hydrogen (secondary N) is 1. The lowest BCUT2D eigenvalue weighted by Crippen LogP contribution is -2.54.